The van der Waals surface area contributed by atoms with Gasteiger partial charge in [0.15, 0.2) is 5.69 Å². The Labute approximate surface area is 184 Å². The van der Waals surface area contributed by atoms with E-state index in [2.05, 4.69) is 19.9 Å². The molecule has 7 nitrogen and oxygen atoms in total. The molecule has 3 aromatic rings. The van der Waals surface area contributed by atoms with Crippen molar-refractivity contribution in [2.45, 2.75) is 45.3 Å². The first-order chi connectivity index (χ1) is 14.8. The molecule has 0 spiro atoms. The third-order valence-electron chi connectivity index (χ3n) is 5.01. The number of halogens is 1. The number of hydrogen-bond donors (Lipinski definition) is 1. The third-order valence-corrected chi connectivity index (χ3v) is 5.52. The zero-order valence-corrected chi connectivity index (χ0v) is 18.4. The van der Waals surface area contributed by atoms with Gasteiger partial charge in [-0.3, -0.25) is 14.6 Å². The Hall–Kier alpha value is -3.20. The van der Waals surface area contributed by atoms with Gasteiger partial charge in [0, 0.05) is 35.4 Å². The summed E-state index contributed by atoms with van der Waals surface area (Å²) in [6.45, 7) is 5.89. The fourth-order valence-corrected chi connectivity index (χ4v) is 3.40. The maximum absolute atomic E-state index is 13.5. The zero-order chi connectivity index (χ0) is 22.4. The van der Waals surface area contributed by atoms with E-state index in [-0.39, 0.29) is 24.0 Å². The summed E-state index contributed by atoms with van der Waals surface area (Å²) in [6.07, 6.45) is 3.87. The summed E-state index contributed by atoms with van der Waals surface area (Å²) in [4.78, 5) is 32.4. The van der Waals surface area contributed by atoms with Crippen molar-refractivity contribution >= 4 is 23.3 Å². The fraction of sp³-hybridized carbons (Fsp3) is 0.318. The highest BCUT2D eigenvalue weighted by molar-refractivity contribution is 7.03. The molecule has 0 bridgehead atoms. The predicted molar refractivity (Wildman–Crippen MR) is 116 cm³/mol. The van der Waals surface area contributed by atoms with Gasteiger partial charge in [-0.25, -0.2) is 4.39 Å². The van der Waals surface area contributed by atoms with Gasteiger partial charge in [0.1, 0.15) is 11.9 Å². The van der Waals surface area contributed by atoms with Gasteiger partial charge < -0.3 is 10.2 Å². The first-order valence-corrected chi connectivity index (χ1v) is 10.7. The number of nitrogens with zero attached hydrogens (tertiary/aromatic N) is 4. The molecule has 0 aliphatic carbocycles. The largest absolute Gasteiger partial charge is 0.349 e. The molecule has 2 aromatic heterocycles. The summed E-state index contributed by atoms with van der Waals surface area (Å²) in [7, 11) is 0. The molecule has 1 N–H and O–H groups in total. The van der Waals surface area contributed by atoms with E-state index in [1.807, 2.05) is 20.8 Å². The Morgan fingerprint density at radius 1 is 1.23 bits per heavy atom. The molecule has 2 amide bonds. The first-order valence-electron chi connectivity index (χ1n) is 9.85. The monoisotopic (exact) mass is 441 g/mol. The van der Waals surface area contributed by atoms with Crippen molar-refractivity contribution in [3.05, 3.63) is 76.8 Å². The minimum absolute atomic E-state index is 0.0795. The van der Waals surface area contributed by atoms with Gasteiger partial charge in [-0.1, -0.05) is 29.6 Å². The van der Waals surface area contributed by atoms with Crippen molar-refractivity contribution in [2.75, 3.05) is 0 Å². The van der Waals surface area contributed by atoms with Crippen LogP contribution in [-0.4, -0.2) is 36.8 Å². The van der Waals surface area contributed by atoms with Crippen LogP contribution in [0.25, 0.3) is 0 Å². The van der Waals surface area contributed by atoms with Gasteiger partial charge in [-0.05, 0) is 55.6 Å². The van der Waals surface area contributed by atoms with Crippen LogP contribution in [0.1, 0.15) is 54.8 Å². The highest BCUT2D eigenvalue weighted by Crippen LogP contribution is 2.26. The van der Waals surface area contributed by atoms with Gasteiger partial charge >= 0.3 is 0 Å². The number of rotatable bonds is 8. The number of nitrogens with one attached hydrogen (secondary N) is 1. The van der Waals surface area contributed by atoms with Crippen LogP contribution in [0.5, 0.6) is 0 Å². The van der Waals surface area contributed by atoms with Crippen LogP contribution in [0.15, 0.2) is 54.2 Å². The van der Waals surface area contributed by atoms with E-state index in [1.165, 1.54) is 22.4 Å². The lowest BCUT2D eigenvalue weighted by Crippen LogP contribution is -2.50. The molecule has 0 saturated carbocycles. The molecule has 1 atom stereocenters. The lowest BCUT2D eigenvalue weighted by Gasteiger charge is -2.34. The maximum atomic E-state index is 13.5. The minimum Gasteiger partial charge on any atom is -0.349 e. The second-order valence-electron chi connectivity index (χ2n) is 7.77. The van der Waals surface area contributed by atoms with E-state index in [0.29, 0.717) is 17.5 Å². The van der Waals surface area contributed by atoms with Crippen molar-refractivity contribution in [1.29, 1.82) is 0 Å². The summed E-state index contributed by atoms with van der Waals surface area (Å²) in [5.74, 6) is -1.16. The number of aromatic nitrogens is 3. The van der Waals surface area contributed by atoms with Crippen LogP contribution < -0.4 is 5.32 Å². The second-order valence-corrected chi connectivity index (χ2v) is 8.38. The Bertz CT molecular complexity index is 1010. The summed E-state index contributed by atoms with van der Waals surface area (Å²) in [5.41, 5.74) is 0.910. The molecule has 1 aromatic carbocycles. The number of benzene rings is 1. The lowest BCUT2D eigenvalue weighted by molar-refractivity contribution is -0.127. The van der Waals surface area contributed by atoms with Crippen molar-refractivity contribution < 1.29 is 14.0 Å². The highest BCUT2D eigenvalue weighted by atomic mass is 32.1. The molecule has 0 radical (unpaired) electrons. The Morgan fingerprint density at radius 2 is 1.97 bits per heavy atom. The second kappa shape index (κ2) is 9.74. The van der Waals surface area contributed by atoms with Gasteiger partial charge in [0.05, 0.1) is 0 Å². The van der Waals surface area contributed by atoms with Crippen molar-refractivity contribution in [2.24, 2.45) is 0 Å². The molecule has 0 saturated heterocycles. The highest BCUT2D eigenvalue weighted by Gasteiger charge is 2.35. The first kappa shape index (κ1) is 22.5. The number of amides is 2. The Morgan fingerprint density at radius 3 is 2.55 bits per heavy atom. The molecule has 2 heterocycles. The van der Waals surface area contributed by atoms with Crippen LogP contribution in [0.4, 0.5) is 4.39 Å². The smallest absolute Gasteiger partial charge is 0.276 e. The Kier molecular flexibility index (Phi) is 7.06. The number of carbonyl (C=O) groups is 2. The van der Waals surface area contributed by atoms with Crippen LogP contribution in [0, 0.1) is 5.82 Å². The van der Waals surface area contributed by atoms with Crippen molar-refractivity contribution in [3.63, 3.8) is 0 Å². The van der Waals surface area contributed by atoms with E-state index in [0.717, 1.165) is 11.5 Å². The molecule has 0 fully saturated rings. The fourth-order valence-electron chi connectivity index (χ4n) is 2.97. The summed E-state index contributed by atoms with van der Waals surface area (Å²) < 4.78 is 17.2. The maximum Gasteiger partial charge on any atom is 0.276 e. The van der Waals surface area contributed by atoms with E-state index in [1.54, 1.807) is 36.7 Å². The van der Waals surface area contributed by atoms with Gasteiger partial charge in [-0.15, -0.1) is 5.10 Å². The van der Waals surface area contributed by atoms with Crippen molar-refractivity contribution in [1.82, 2.24) is 24.8 Å². The predicted octanol–water partition coefficient (Wildman–Crippen LogP) is 3.76. The topological polar surface area (TPSA) is 88.1 Å². The number of pyridine rings is 1. The van der Waals surface area contributed by atoms with Gasteiger partial charge in [0.25, 0.3) is 5.91 Å². The molecular formula is C22H24FN5O2S. The van der Waals surface area contributed by atoms with Gasteiger partial charge in [-0.2, -0.15) is 0 Å². The average molecular weight is 442 g/mol. The average Bonchev–Trinajstić information content (AvgIpc) is 3.29. The van der Waals surface area contributed by atoms with Gasteiger partial charge in [0.2, 0.25) is 5.91 Å². The van der Waals surface area contributed by atoms with Crippen LogP contribution in [0.3, 0.4) is 0 Å². The van der Waals surface area contributed by atoms with E-state index in [4.69, 9.17) is 0 Å². The quantitative estimate of drug-likeness (QED) is 0.575. The van der Waals surface area contributed by atoms with Crippen molar-refractivity contribution in [3.8, 4) is 0 Å². The van der Waals surface area contributed by atoms with Crippen LogP contribution >= 0.6 is 11.5 Å². The van der Waals surface area contributed by atoms with E-state index >= 15 is 0 Å². The minimum atomic E-state index is -0.959. The molecule has 3 rings (SSSR count). The summed E-state index contributed by atoms with van der Waals surface area (Å²) >= 11 is 1.05. The van der Waals surface area contributed by atoms with E-state index in [9.17, 15) is 14.0 Å². The third kappa shape index (κ3) is 5.69. The summed E-state index contributed by atoms with van der Waals surface area (Å²) in [5, 5.41) is 8.45. The van der Waals surface area contributed by atoms with E-state index < -0.39 is 17.5 Å². The lowest BCUT2D eigenvalue weighted by atomic mass is 9.99. The molecule has 0 aliphatic heterocycles. The van der Waals surface area contributed by atoms with Crippen LogP contribution in [-0.2, 0) is 11.3 Å². The molecule has 0 aliphatic rings. The summed E-state index contributed by atoms with van der Waals surface area (Å²) in [6, 6.07) is 8.32. The molecule has 162 valence electrons. The molecule has 0 unspecified atom stereocenters. The molecular weight excluding hydrogens is 417 g/mol. The zero-order valence-electron chi connectivity index (χ0n) is 17.6. The molecule has 31 heavy (non-hydrogen) atoms. The SMILES string of the molecule is CCC(C)(C)NC(=O)[C@@H](c1cccnc1)N(Cc1ccc(F)cc1)C(=O)c1csnn1. The van der Waals surface area contributed by atoms with Crippen LogP contribution in [0.2, 0.25) is 0 Å². The number of hydrogen-bond acceptors (Lipinski definition) is 6. The molecule has 9 heteroatoms. The Balaban J connectivity index is 2.05. The standard InChI is InChI=1S/C22H24FN5O2S/c1-4-22(2,3)25-20(29)19(16-6-5-11-24-12-16)28(21(30)18-14-31-27-26-18)13-15-7-9-17(23)10-8-15/h5-12,14,19H,4,13H2,1-3H3,(H,25,29)/t19-/m1/s1. The normalized spacial score (nSPS) is 12.3. The number of carbonyl (C=O) groups excluding carboxylic acids is 2.